The normalized spacial score (nSPS) is 24.0. The number of nitrogens with zero attached hydrogens (tertiary/aromatic N) is 2. The van der Waals surface area contributed by atoms with E-state index in [1.165, 1.54) is 4.90 Å². The first-order valence-electron chi connectivity index (χ1n) is 13.9. The summed E-state index contributed by atoms with van der Waals surface area (Å²) in [5, 5.41) is 1.87. The van der Waals surface area contributed by atoms with Gasteiger partial charge in [-0.2, -0.15) is 0 Å². The minimum absolute atomic E-state index is 0.152. The summed E-state index contributed by atoms with van der Waals surface area (Å²) in [5.74, 6) is -1.09. The third-order valence-electron chi connectivity index (χ3n) is 9.18. The molecule has 3 aliphatic carbocycles. The molecule has 0 unspecified atom stereocenters. The molecule has 41 heavy (non-hydrogen) atoms. The minimum Gasteiger partial charge on any atom is -0.494 e. The third kappa shape index (κ3) is 3.09. The van der Waals surface area contributed by atoms with Crippen molar-refractivity contribution in [2.75, 3.05) is 12.0 Å². The van der Waals surface area contributed by atoms with E-state index in [-0.39, 0.29) is 17.7 Å². The van der Waals surface area contributed by atoms with E-state index in [9.17, 15) is 9.59 Å². The van der Waals surface area contributed by atoms with Gasteiger partial charge in [0.05, 0.1) is 30.0 Å². The first-order chi connectivity index (χ1) is 20.1. The number of imide groups is 1. The van der Waals surface area contributed by atoms with E-state index in [1.54, 1.807) is 7.11 Å². The molecule has 0 N–H and O–H groups in total. The van der Waals surface area contributed by atoms with Crippen LogP contribution in [0.4, 0.5) is 11.4 Å². The summed E-state index contributed by atoms with van der Waals surface area (Å²) in [6.45, 7) is 0. The Morgan fingerprint density at radius 1 is 0.732 bits per heavy atom. The fraction of sp³-hybridized carbons (Fsp3) is 0.139. The predicted molar refractivity (Wildman–Crippen MR) is 160 cm³/mol. The van der Waals surface area contributed by atoms with Crippen LogP contribution in [0, 0.1) is 11.8 Å². The SMILES string of the molecule is COc1ccccc1N=CC12c3ccccc3C(c3ccccc31)[C@H]1C(=O)N(c3cccc4ccccc34)C(=O)[C@@H]12. The number of hydrogen-bond acceptors (Lipinski definition) is 4. The van der Waals surface area contributed by atoms with E-state index in [0.717, 1.165) is 33.0 Å². The molecule has 1 saturated heterocycles. The zero-order chi connectivity index (χ0) is 27.7. The van der Waals surface area contributed by atoms with Crippen LogP contribution in [0.25, 0.3) is 10.8 Å². The van der Waals surface area contributed by atoms with Gasteiger partial charge in [-0.1, -0.05) is 97.1 Å². The van der Waals surface area contributed by atoms with Crippen molar-refractivity contribution in [3.05, 3.63) is 138 Å². The number of carbonyl (C=O) groups is 2. The highest BCUT2D eigenvalue weighted by Crippen LogP contribution is 2.64. The van der Waals surface area contributed by atoms with Crippen LogP contribution in [-0.4, -0.2) is 25.1 Å². The van der Waals surface area contributed by atoms with Crippen LogP contribution in [0.1, 0.15) is 28.2 Å². The van der Waals surface area contributed by atoms with Crippen molar-refractivity contribution >= 4 is 40.2 Å². The van der Waals surface area contributed by atoms with Gasteiger partial charge < -0.3 is 4.74 Å². The number of anilines is 1. The lowest BCUT2D eigenvalue weighted by Crippen LogP contribution is -2.54. The molecule has 0 saturated carbocycles. The van der Waals surface area contributed by atoms with Crippen molar-refractivity contribution in [2.24, 2.45) is 16.8 Å². The molecule has 1 aliphatic heterocycles. The van der Waals surface area contributed by atoms with Crippen molar-refractivity contribution in [1.82, 2.24) is 0 Å². The first-order valence-corrected chi connectivity index (χ1v) is 13.9. The molecule has 0 radical (unpaired) electrons. The fourth-order valence-electron chi connectivity index (χ4n) is 7.60. The number of para-hydroxylation sites is 2. The lowest BCUT2D eigenvalue weighted by molar-refractivity contribution is -0.122. The number of aliphatic imine (C=N–C) groups is 1. The number of benzene rings is 5. The standard InChI is InChI=1S/C36H26N2O3/c1-41-30-20-9-8-18-28(30)37-21-36-26-16-6-4-14-24(26)31(25-15-5-7-17-27(25)36)32-33(36)35(40)38(34(32)39)29-19-10-12-22-11-2-3-13-23(22)29/h2-21,31-33H,1H3/t31?,32-,33-,36?/m1/s1. The molecule has 0 spiro atoms. The number of hydrogen-bond donors (Lipinski definition) is 0. The molecule has 2 amide bonds. The van der Waals surface area contributed by atoms with Crippen LogP contribution in [0.3, 0.4) is 0 Å². The molecule has 1 heterocycles. The molecule has 198 valence electrons. The lowest BCUT2D eigenvalue weighted by Gasteiger charge is -2.52. The maximum atomic E-state index is 14.8. The second-order valence-electron chi connectivity index (χ2n) is 11.0. The van der Waals surface area contributed by atoms with E-state index in [1.807, 2.05) is 97.2 Å². The zero-order valence-corrected chi connectivity index (χ0v) is 22.4. The molecule has 9 rings (SSSR count). The molecule has 2 bridgehead atoms. The Kier molecular flexibility index (Phi) is 5.08. The van der Waals surface area contributed by atoms with Crippen LogP contribution < -0.4 is 9.64 Å². The van der Waals surface area contributed by atoms with Gasteiger partial charge in [0.2, 0.25) is 11.8 Å². The van der Waals surface area contributed by atoms with Crippen LogP contribution >= 0.6 is 0 Å². The first kappa shape index (κ1) is 23.8. The highest BCUT2D eigenvalue weighted by molar-refractivity contribution is 6.27. The molecular formula is C36H26N2O3. The van der Waals surface area contributed by atoms with Crippen LogP contribution in [0.5, 0.6) is 5.75 Å². The van der Waals surface area contributed by atoms with E-state index >= 15 is 0 Å². The lowest BCUT2D eigenvalue weighted by atomic mass is 9.47. The molecule has 2 atom stereocenters. The van der Waals surface area contributed by atoms with Crippen molar-refractivity contribution in [2.45, 2.75) is 11.3 Å². The molecule has 5 aromatic carbocycles. The molecular weight excluding hydrogens is 508 g/mol. The summed E-state index contributed by atoms with van der Waals surface area (Å²) in [7, 11) is 1.63. The molecule has 5 heteroatoms. The van der Waals surface area contributed by atoms with Gasteiger partial charge in [0.1, 0.15) is 11.4 Å². The van der Waals surface area contributed by atoms with E-state index < -0.39 is 17.3 Å². The summed E-state index contributed by atoms with van der Waals surface area (Å²) >= 11 is 0. The van der Waals surface area contributed by atoms with Gasteiger partial charge in [0.15, 0.2) is 0 Å². The largest absolute Gasteiger partial charge is 0.494 e. The number of carbonyl (C=O) groups excluding carboxylic acids is 2. The topological polar surface area (TPSA) is 59.0 Å². The number of rotatable bonds is 4. The van der Waals surface area contributed by atoms with Crippen molar-refractivity contribution in [1.29, 1.82) is 0 Å². The summed E-state index contributed by atoms with van der Waals surface area (Å²) in [5.41, 5.74) is 4.61. The Hall–Kier alpha value is -5.03. The van der Waals surface area contributed by atoms with Gasteiger partial charge in [-0.25, -0.2) is 4.90 Å². The maximum Gasteiger partial charge on any atom is 0.239 e. The maximum absolute atomic E-state index is 14.8. The average molecular weight is 535 g/mol. The van der Waals surface area contributed by atoms with E-state index in [4.69, 9.17) is 9.73 Å². The smallest absolute Gasteiger partial charge is 0.239 e. The Labute approximate surface area is 237 Å². The summed E-state index contributed by atoms with van der Waals surface area (Å²) in [6.07, 6.45) is 1.91. The molecule has 0 aromatic heterocycles. The highest BCUT2D eigenvalue weighted by atomic mass is 16.5. The predicted octanol–water partition coefficient (Wildman–Crippen LogP) is 6.80. The van der Waals surface area contributed by atoms with Crippen molar-refractivity contribution in [3.63, 3.8) is 0 Å². The average Bonchev–Trinajstić information content (AvgIpc) is 3.30. The number of ether oxygens (including phenoxy) is 1. The van der Waals surface area contributed by atoms with Gasteiger partial charge in [0, 0.05) is 17.5 Å². The molecule has 4 aliphatic rings. The van der Waals surface area contributed by atoms with E-state index in [2.05, 4.69) is 24.3 Å². The monoisotopic (exact) mass is 534 g/mol. The Morgan fingerprint density at radius 2 is 1.37 bits per heavy atom. The zero-order valence-electron chi connectivity index (χ0n) is 22.4. The quantitative estimate of drug-likeness (QED) is 0.188. The number of fused-ring (bicyclic) bond motifs is 1. The summed E-state index contributed by atoms with van der Waals surface area (Å²) in [6, 6.07) is 37.8. The third-order valence-corrected chi connectivity index (χ3v) is 9.18. The minimum atomic E-state index is -0.931. The Balaban J connectivity index is 1.40. The highest BCUT2D eigenvalue weighted by Gasteiger charge is 2.68. The van der Waals surface area contributed by atoms with Crippen LogP contribution in [0.2, 0.25) is 0 Å². The molecule has 5 aromatic rings. The summed E-state index contributed by atoms with van der Waals surface area (Å²) < 4.78 is 5.60. The Bertz CT molecular complexity index is 1870. The number of methoxy groups -OCH3 is 1. The van der Waals surface area contributed by atoms with Crippen molar-refractivity contribution < 1.29 is 14.3 Å². The number of amides is 2. The van der Waals surface area contributed by atoms with Gasteiger partial charge in [0.25, 0.3) is 0 Å². The van der Waals surface area contributed by atoms with Gasteiger partial charge in [-0.05, 0) is 45.8 Å². The van der Waals surface area contributed by atoms with Crippen molar-refractivity contribution in [3.8, 4) is 5.75 Å². The van der Waals surface area contributed by atoms with Crippen LogP contribution in [0.15, 0.2) is 120 Å². The summed E-state index contributed by atoms with van der Waals surface area (Å²) in [4.78, 5) is 35.8. The van der Waals surface area contributed by atoms with E-state index in [0.29, 0.717) is 17.1 Å². The van der Waals surface area contributed by atoms with Gasteiger partial charge in [-0.3, -0.25) is 14.6 Å². The van der Waals surface area contributed by atoms with Gasteiger partial charge in [-0.15, -0.1) is 0 Å². The second-order valence-corrected chi connectivity index (χ2v) is 11.0. The fourth-order valence-corrected chi connectivity index (χ4v) is 7.60. The molecule has 1 fully saturated rings. The van der Waals surface area contributed by atoms with Gasteiger partial charge >= 0.3 is 0 Å². The second kappa shape index (κ2) is 8.73. The molecule has 5 nitrogen and oxygen atoms in total. The Morgan fingerprint density at radius 3 is 2.12 bits per heavy atom. The van der Waals surface area contributed by atoms with Crippen LogP contribution in [-0.2, 0) is 15.0 Å².